The number of carboxylic acid groups (broad SMARTS) is 1. The topological polar surface area (TPSA) is 57.5 Å². The summed E-state index contributed by atoms with van der Waals surface area (Å²) in [5.41, 5.74) is 0.731. The molecule has 0 radical (unpaired) electrons. The van der Waals surface area contributed by atoms with E-state index in [1.807, 2.05) is 18.6 Å². The third-order valence-corrected chi connectivity index (χ3v) is 6.51. The van der Waals surface area contributed by atoms with Crippen molar-refractivity contribution in [3.05, 3.63) is 27.5 Å². The molecule has 0 spiro atoms. The molecule has 0 aliphatic heterocycles. The Kier molecular flexibility index (Phi) is 3.82. The lowest BCUT2D eigenvalue weighted by Crippen LogP contribution is -2.36. The fourth-order valence-electron chi connectivity index (χ4n) is 2.25. The van der Waals surface area contributed by atoms with Gasteiger partial charge < -0.3 is 10.2 Å². The van der Waals surface area contributed by atoms with E-state index in [4.69, 9.17) is 5.11 Å². The van der Waals surface area contributed by atoms with Crippen molar-refractivity contribution >= 4 is 35.1 Å². The second-order valence-corrected chi connectivity index (χ2v) is 7.22. The summed E-state index contributed by atoms with van der Waals surface area (Å²) in [6.07, 6.45) is 7.51. The van der Waals surface area contributed by atoms with Crippen LogP contribution in [0.15, 0.2) is 11.5 Å². The van der Waals surface area contributed by atoms with E-state index in [1.165, 1.54) is 11.3 Å². The highest BCUT2D eigenvalue weighted by atomic mass is 32.2. The Morgan fingerprint density at radius 3 is 2.68 bits per heavy atom. The van der Waals surface area contributed by atoms with Crippen LogP contribution in [-0.2, 0) is 0 Å². The lowest BCUT2D eigenvalue weighted by atomic mass is 9.97. The van der Waals surface area contributed by atoms with Gasteiger partial charge in [0.15, 0.2) is 0 Å². The second kappa shape index (κ2) is 4.96. The summed E-state index contributed by atoms with van der Waals surface area (Å²) in [5.74, 6) is -0.914. The minimum absolute atomic E-state index is 0.100. The molecule has 0 bridgehead atoms. The van der Waals surface area contributed by atoms with Crippen molar-refractivity contribution in [2.75, 3.05) is 6.26 Å². The van der Waals surface area contributed by atoms with Crippen LogP contribution in [0.3, 0.4) is 0 Å². The van der Waals surface area contributed by atoms with Gasteiger partial charge in [-0.1, -0.05) is 12.2 Å². The number of carboxylic acids is 1. The van der Waals surface area contributed by atoms with E-state index in [0.717, 1.165) is 18.4 Å². The Morgan fingerprint density at radius 1 is 1.58 bits per heavy atom. The molecular weight excluding hydrogens is 280 g/mol. The number of carbonyl (C=O) groups is 1. The normalized spacial score (nSPS) is 20.4. The van der Waals surface area contributed by atoms with Crippen molar-refractivity contribution in [2.45, 2.75) is 37.0 Å². The van der Waals surface area contributed by atoms with Crippen LogP contribution < -0.4 is 0 Å². The lowest BCUT2D eigenvalue weighted by molar-refractivity contribution is 0.0701. The lowest BCUT2D eigenvalue weighted by Gasteiger charge is -2.28. The fraction of sp³-hybridized carbons (Fsp3) is 0.500. The van der Waals surface area contributed by atoms with Crippen LogP contribution in [0.5, 0.6) is 0 Å². The van der Waals surface area contributed by atoms with Gasteiger partial charge in [-0.15, -0.1) is 11.3 Å². The van der Waals surface area contributed by atoms with E-state index in [2.05, 4.69) is 0 Å². The number of hydrogen-bond donors (Lipinski definition) is 2. The van der Waals surface area contributed by atoms with Gasteiger partial charge >= 0.3 is 5.97 Å². The summed E-state index contributed by atoms with van der Waals surface area (Å²) in [4.78, 5) is 11.5. The van der Waals surface area contributed by atoms with Gasteiger partial charge in [0.05, 0.1) is 5.60 Å². The monoisotopic (exact) mass is 298 g/mol. The van der Waals surface area contributed by atoms with E-state index < -0.39 is 11.6 Å². The molecule has 5 heteroatoms. The first-order valence-corrected chi connectivity index (χ1v) is 8.21. The first-order chi connectivity index (χ1) is 8.83. The van der Waals surface area contributed by atoms with E-state index in [0.29, 0.717) is 10.4 Å². The van der Waals surface area contributed by atoms with Crippen LogP contribution in [0.4, 0.5) is 0 Å². The maximum Gasteiger partial charge on any atom is 0.346 e. The van der Waals surface area contributed by atoms with E-state index >= 15 is 0 Å². The zero-order chi connectivity index (χ0) is 14.3. The highest BCUT2D eigenvalue weighted by Crippen LogP contribution is 2.55. The van der Waals surface area contributed by atoms with E-state index in [9.17, 15) is 9.90 Å². The highest BCUT2D eigenvalue weighted by Gasteiger charge is 2.54. The van der Waals surface area contributed by atoms with Gasteiger partial charge in [0, 0.05) is 10.3 Å². The molecule has 1 aromatic heterocycles. The molecule has 1 aliphatic carbocycles. The molecular formula is C14H18O3S2. The molecule has 1 atom stereocenters. The van der Waals surface area contributed by atoms with E-state index in [-0.39, 0.29) is 4.75 Å². The van der Waals surface area contributed by atoms with E-state index in [1.54, 1.807) is 30.8 Å². The van der Waals surface area contributed by atoms with Crippen LogP contribution in [0.25, 0.3) is 6.08 Å². The number of hydrogen-bond acceptors (Lipinski definition) is 4. The largest absolute Gasteiger partial charge is 0.477 e. The van der Waals surface area contributed by atoms with Gasteiger partial charge in [0.1, 0.15) is 4.88 Å². The summed E-state index contributed by atoms with van der Waals surface area (Å²) in [7, 11) is 0. The molecule has 2 N–H and O–H groups in total. The third-order valence-electron chi connectivity index (χ3n) is 3.81. The molecule has 19 heavy (non-hydrogen) atoms. The zero-order valence-corrected chi connectivity index (χ0v) is 12.9. The van der Waals surface area contributed by atoms with Crippen molar-refractivity contribution < 1.29 is 15.0 Å². The molecule has 0 saturated heterocycles. The van der Waals surface area contributed by atoms with Crippen molar-refractivity contribution in [3.8, 4) is 0 Å². The average Bonchev–Trinajstić information content (AvgIpc) is 3.06. The summed E-state index contributed by atoms with van der Waals surface area (Å²) < 4.78 is -0.100. The number of aliphatic hydroxyl groups is 1. The molecule has 1 aromatic rings. The average molecular weight is 298 g/mol. The van der Waals surface area contributed by atoms with Gasteiger partial charge in [-0.3, -0.25) is 0 Å². The predicted octanol–water partition coefficient (Wildman–Crippen LogP) is 3.41. The number of thiophene rings is 1. The Balaban J connectivity index is 2.28. The van der Waals surface area contributed by atoms with Gasteiger partial charge in [-0.05, 0) is 43.9 Å². The minimum Gasteiger partial charge on any atom is -0.477 e. The molecule has 0 aromatic carbocycles. The van der Waals surface area contributed by atoms with Crippen LogP contribution in [0, 0.1) is 6.92 Å². The molecule has 1 heterocycles. The molecule has 0 amide bonds. The number of thioether (sulfide) groups is 1. The summed E-state index contributed by atoms with van der Waals surface area (Å²) in [6, 6.07) is 0. The first kappa shape index (κ1) is 14.6. The molecule has 1 saturated carbocycles. The van der Waals surface area contributed by atoms with Crippen LogP contribution in [0.2, 0.25) is 0 Å². The summed E-state index contributed by atoms with van der Waals surface area (Å²) in [6.45, 7) is 3.69. The van der Waals surface area contributed by atoms with Crippen molar-refractivity contribution in [1.82, 2.24) is 0 Å². The molecule has 1 fully saturated rings. The molecule has 1 unspecified atom stereocenters. The molecule has 3 nitrogen and oxygen atoms in total. The van der Waals surface area contributed by atoms with Crippen molar-refractivity contribution in [3.63, 3.8) is 0 Å². The van der Waals surface area contributed by atoms with Gasteiger partial charge in [0.25, 0.3) is 0 Å². The van der Waals surface area contributed by atoms with Crippen LogP contribution in [0.1, 0.15) is 40.6 Å². The SMILES string of the molecule is CSC1(C(C)(O)C=Cc2c(C)csc2C(=O)O)CC1. The maximum atomic E-state index is 11.1. The predicted molar refractivity (Wildman–Crippen MR) is 81.2 cm³/mol. The molecule has 1 aliphatic rings. The Labute approximate surface area is 121 Å². The third kappa shape index (κ3) is 2.59. The standard InChI is InChI=1S/C14H18O3S2/c1-9-8-19-11(12(15)16)10(9)4-5-13(2,17)14(18-3)6-7-14/h4-5,8,17H,6-7H2,1-3H3,(H,15,16). The number of aryl methyl sites for hydroxylation is 1. The molecule has 2 rings (SSSR count). The Bertz CT molecular complexity index is 525. The van der Waals surface area contributed by atoms with Gasteiger partial charge in [0.2, 0.25) is 0 Å². The fourth-order valence-corrected chi connectivity index (χ4v) is 4.12. The maximum absolute atomic E-state index is 11.1. The number of aromatic carboxylic acids is 1. The second-order valence-electron chi connectivity index (χ2n) is 5.15. The minimum atomic E-state index is -0.914. The molecule has 104 valence electrons. The Hall–Kier alpha value is -0.780. The van der Waals surface area contributed by atoms with Gasteiger partial charge in [-0.2, -0.15) is 11.8 Å². The summed E-state index contributed by atoms with van der Waals surface area (Å²) in [5, 5.41) is 21.5. The van der Waals surface area contributed by atoms with Crippen LogP contribution in [-0.4, -0.2) is 32.8 Å². The quantitative estimate of drug-likeness (QED) is 0.874. The van der Waals surface area contributed by atoms with Crippen LogP contribution >= 0.6 is 23.1 Å². The van der Waals surface area contributed by atoms with Gasteiger partial charge in [-0.25, -0.2) is 4.79 Å². The smallest absolute Gasteiger partial charge is 0.346 e. The number of rotatable bonds is 5. The summed E-state index contributed by atoms with van der Waals surface area (Å²) >= 11 is 2.91. The van der Waals surface area contributed by atoms with Crippen molar-refractivity contribution in [1.29, 1.82) is 0 Å². The first-order valence-electron chi connectivity index (χ1n) is 6.11. The van der Waals surface area contributed by atoms with Crippen molar-refractivity contribution in [2.24, 2.45) is 0 Å². The zero-order valence-electron chi connectivity index (χ0n) is 11.3. The Morgan fingerprint density at radius 2 is 2.21 bits per heavy atom. The highest BCUT2D eigenvalue weighted by molar-refractivity contribution is 8.00.